The molecule has 272 valence electrons. The van der Waals surface area contributed by atoms with Gasteiger partial charge in [0, 0.05) is 48.3 Å². The number of benzene rings is 9. The van der Waals surface area contributed by atoms with Crippen molar-refractivity contribution in [1.29, 1.82) is 0 Å². The average molecular weight is 760 g/mol. The van der Waals surface area contributed by atoms with E-state index in [1.165, 1.54) is 31.3 Å². The molecular formula is C54H33NO2S. The number of furan rings is 2. The summed E-state index contributed by atoms with van der Waals surface area (Å²) >= 11 is 1.86. The van der Waals surface area contributed by atoms with Crippen LogP contribution in [-0.4, -0.2) is 0 Å². The van der Waals surface area contributed by atoms with Crippen LogP contribution in [0.5, 0.6) is 0 Å². The van der Waals surface area contributed by atoms with Gasteiger partial charge in [0.25, 0.3) is 0 Å². The zero-order valence-electron chi connectivity index (χ0n) is 31.2. The number of rotatable bonds is 6. The Morgan fingerprint density at radius 2 is 0.862 bits per heavy atom. The minimum absolute atomic E-state index is 0.847. The molecule has 4 heteroatoms. The SMILES string of the molecule is c1ccc(-c2cccc3c2sc2c(N(c4ccc(-c5cccc6c5oc5ccccc56)cc4)c4cccc5c4oc4cccc(-c6ccccc6)c45)cccc23)cc1. The summed E-state index contributed by atoms with van der Waals surface area (Å²) in [7, 11) is 0. The number of nitrogens with zero attached hydrogens (tertiary/aromatic N) is 1. The smallest absolute Gasteiger partial charge is 0.159 e. The van der Waals surface area contributed by atoms with Crippen molar-refractivity contribution in [2.75, 3.05) is 4.90 Å². The van der Waals surface area contributed by atoms with Gasteiger partial charge in [-0.05, 0) is 64.2 Å². The summed E-state index contributed by atoms with van der Waals surface area (Å²) in [5.41, 5.74) is 13.6. The quantitative estimate of drug-likeness (QED) is 0.169. The van der Waals surface area contributed by atoms with Crippen LogP contribution >= 0.6 is 11.3 Å². The standard InChI is InChI=1S/C54H33NO2S/c1-3-14-34(15-4-1)38-19-13-29-49-50(38)45-25-12-26-46(52(45)57-49)55(37-32-30-36(31-33-37)39-20-9-22-42-41-18-7-8-28-48(41)56-51(39)42)47-27-11-24-44-43-23-10-21-40(53(43)58-54(44)47)35-16-5-2-6-17-35/h1-33H. The summed E-state index contributed by atoms with van der Waals surface area (Å²) in [5, 5.41) is 6.94. The maximum absolute atomic E-state index is 6.94. The van der Waals surface area contributed by atoms with Gasteiger partial charge in [-0.2, -0.15) is 0 Å². The van der Waals surface area contributed by atoms with Crippen molar-refractivity contribution in [3.05, 3.63) is 200 Å². The Morgan fingerprint density at radius 1 is 0.328 bits per heavy atom. The Labute approximate surface area is 338 Å². The molecule has 0 saturated carbocycles. The maximum atomic E-state index is 6.94. The summed E-state index contributed by atoms with van der Waals surface area (Å²) in [6.45, 7) is 0. The van der Waals surface area contributed by atoms with Gasteiger partial charge in [-0.15, -0.1) is 11.3 Å². The molecule has 0 bridgehead atoms. The van der Waals surface area contributed by atoms with Crippen molar-refractivity contribution >= 4 is 92.4 Å². The van der Waals surface area contributed by atoms with E-state index in [9.17, 15) is 0 Å². The molecule has 9 aromatic carbocycles. The highest BCUT2D eigenvalue weighted by Crippen LogP contribution is 2.50. The average Bonchev–Trinajstić information content (AvgIpc) is 4.00. The van der Waals surface area contributed by atoms with Crippen LogP contribution in [0.4, 0.5) is 17.1 Å². The van der Waals surface area contributed by atoms with E-state index in [-0.39, 0.29) is 0 Å². The fraction of sp³-hybridized carbons (Fsp3) is 0. The van der Waals surface area contributed by atoms with E-state index >= 15 is 0 Å². The number of thiophene rings is 1. The zero-order chi connectivity index (χ0) is 38.2. The number of hydrogen-bond donors (Lipinski definition) is 0. The van der Waals surface area contributed by atoms with Gasteiger partial charge >= 0.3 is 0 Å². The van der Waals surface area contributed by atoms with Crippen molar-refractivity contribution in [1.82, 2.24) is 0 Å². The highest BCUT2D eigenvalue weighted by molar-refractivity contribution is 7.27. The van der Waals surface area contributed by atoms with Gasteiger partial charge in [0.15, 0.2) is 5.58 Å². The molecule has 3 heterocycles. The summed E-state index contributed by atoms with van der Waals surface area (Å²) in [6.07, 6.45) is 0. The molecule has 58 heavy (non-hydrogen) atoms. The molecular weight excluding hydrogens is 727 g/mol. The van der Waals surface area contributed by atoms with Gasteiger partial charge in [0.05, 0.1) is 16.1 Å². The lowest BCUT2D eigenvalue weighted by atomic mass is 9.99. The molecule has 0 radical (unpaired) electrons. The van der Waals surface area contributed by atoms with Crippen LogP contribution in [0, 0.1) is 0 Å². The molecule has 0 aliphatic rings. The van der Waals surface area contributed by atoms with Crippen LogP contribution in [0.2, 0.25) is 0 Å². The van der Waals surface area contributed by atoms with Gasteiger partial charge in [0.1, 0.15) is 16.7 Å². The van der Waals surface area contributed by atoms with Gasteiger partial charge in [-0.3, -0.25) is 0 Å². The molecule has 0 saturated heterocycles. The fourth-order valence-electron chi connectivity index (χ4n) is 8.87. The third-order valence-electron chi connectivity index (χ3n) is 11.5. The minimum atomic E-state index is 0.847. The normalized spacial score (nSPS) is 11.8. The minimum Gasteiger partial charge on any atom is -0.455 e. The predicted octanol–water partition coefficient (Wildman–Crippen LogP) is 16.3. The Morgan fingerprint density at radius 3 is 1.66 bits per heavy atom. The molecule has 0 N–H and O–H groups in total. The first-order valence-electron chi connectivity index (χ1n) is 19.6. The molecule has 0 unspecified atom stereocenters. The molecule has 0 atom stereocenters. The molecule has 0 aliphatic heterocycles. The Hall–Kier alpha value is -7.40. The van der Waals surface area contributed by atoms with Gasteiger partial charge in [-0.25, -0.2) is 0 Å². The third-order valence-corrected chi connectivity index (χ3v) is 12.8. The van der Waals surface area contributed by atoms with Crippen molar-refractivity contribution in [3.8, 4) is 33.4 Å². The highest BCUT2D eigenvalue weighted by Gasteiger charge is 2.24. The Kier molecular flexibility index (Phi) is 7.40. The summed E-state index contributed by atoms with van der Waals surface area (Å²) < 4.78 is 15.9. The first-order valence-corrected chi connectivity index (χ1v) is 20.4. The number of anilines is 3. The third kappa shape index (κ3) is 5.05. The lowest BCUT2D eigenvalue weighted by Gasteiger charge is -2.26. The highest BCUT2D eigenvalue weighted by atomic mass is 32.1. The van der Waals surface area contributed by atoms with Crippen LogP contribution < -0.4 is 4.90 Å². The summed E-state index contributed by atoms with van der Waals surface area (Å²) in [4.78, 5) is 2.39. The molecule has 3 aromatic heterocycles. The van der Waals surface area contributed by atoms with Crippen LogP contribution in [0.3, 0.4) is 0 Å². The second-order valence-corrected chi connectivity index (χ2v) is 15.8. The lowest BCUT2D eigenvalue weighted by molar-refractivity contribution is 0.669. The molecule has 0 amide bonds. The molecule has 12 aromatic rings. The first-order chi connectivity index (χ1) is 28.8. The Bertz CT molecular complexity index is 3490. The molecule has 0 spiro atoms. The van der Waals surface area contributed by atoms with Gasteiger partial charge in [0.2, 0.25) is 0 Å². The second-order valence-electron chi connectivity index (χ2n) is 14.8. The summed E-state index contributed by atoms with van der Waals surface area (Å²) in [5.74, 6) is 0. The molecule has 0 aliphatic carbocycles. The van der Waals surface area contributed by atoms with Crippen molar-refractivity contribution in [2.24, 2.45) is 0 Å². The summed E-state index contributed by atoms with van der Waals surface area (Å²) in [6, 6.07) is 71.2. The second kappa shape index (κ2) is 13.1. The van der Waals surface area contributed by atoms with E-state index in [1.807, 2.05) is 23.5 Å². The lowest BCUT2D eigenvalue weighted by Crippen LogP contribution is -2.10. The number of hydrogen-bond acceptors (Lipinski definition) is 4. The van der Waals surface area contributed by atoms with Gasteiger partial charge in [-0.1, -0.05) is 164 Å². The van der Waals surface area contributed by atoms with Crippen LogP contribution in [0.25, 0.3) is 97.4 Å². The van der Waals surface area contributed by atoms with Crippen LogP contribution in [0.1, 0.15) is 0 Å². The van der Waals surface area contributed by atoms with E-state index in [2.05, 4.69) is 193 Å². The van der Waals surface area contributed by atoms with Crippen LogP contribution in [-0.2, 0) is 0 Å². The van der Waals surface area contributed by atoms with Gasteiger partial charge < -0.3 is 13.7 Å². The van der Waals surface area contributed by atoms with E-state index < -0.39 is 0 Å². The van der Waals surface area contributed by atoms with E-state index in [0.717, 1.165) is 83.2 Å². The van der Waals surface area contributed by atoms with Crippen molar-refractivity contribution < 1.29 is 8.83 Å². The van der Waals surface area contributed by atoms with Crippen molar-refractivity contribution in [2.45, 2.75) is 0 Å². The largest absolute Gasteiger partial charge is 0.455 e. The number of fused-ring (bicyclic) bond motifs is 9. The first kappa shape index (κ1) is 32.8. The maximum Gasteiger partial charge on any atom is 0.159 e. The zero-order valence-corrected chi connectivity index (χ0v) is 32.0. The fourth-order valence-corrected chi connectivity index (χ4v) is 10.2. The molecule has 0 fully saturated rings. The topological polar surface area (TPSA) is 29.5 Å². The van der Waals surface area contributed by atoms with Crippen molar-refractivity contribution in [3.63, 3.8) is 0 Å². The molecule has 3 nitrogen and oxygen atoms in total. The van der Waals surface area contributed by atoms with E-state index in [1.54, 1.807) is 0 Å². The molecule has 12 rings (SSSR count). The number of para-hydroxylation sites is 3. The predicted molar refractivity (Wildman–Crippen MR) is 245 cm³/mol. The van der Waals surface area contributed by atoms with E-state index in [4.69, 9.17) is 8.83 Å². The van der Waals surface area contributed by atoms with E-state index in [0.29, 0.717) is 0 Å². The monoisotopic (exact) mass is 759 g/mol. The van der Waals surface area contributed by atoms with Crippen LogP contribution in [0.15, 0.2) is 209 Å². The Balaban J connectivity index is 1.10.